The van der Waals surface area contributed by atoms with Crippen molar-refractivity contribution in [1.82, 2.24) is 4.72 Å². The predicted octanol–water partition coefficient (Wildman–Crippen LogP) is 1.92. The summed E-state index contributed by atoms with van der Waals surface area (Å²) in [4.78, 5) is 24.3. The zero-order valence-electron chi connectivity index (χ0n) is 16.8. The van der Waals surface area contributed by atoms with E-state index in [1.807, 2.05) is 0 Å². The van der Waals surface area contributed by atoms with Gasteiger partial charge in [-0.05, 0) is 18.1 Å². The zero-order chi connectivity index (χ0) is 21.1. The molecular formula is C19H27NO7S. The molecule has 2 rings (SSSR count). The Morgan fingerprint density at radius 3 is 2.32 bits per heavy atom. The van der Waals surface area contributed by atoms with Crippen LogP contribution in [0.25, 0.3) is 0 Å². The molecule has 0 saturated heterocycles. The quantitative estimate of drug-likeness (QED) is 0.680. The second-order valence-electron chi connectivity index (χ2n) is 7.93. The standard InChI is InChI=1S/C19H27NO7S/c1-12(2)17(18(22)27-11-16(21)19(3,4)5)20-28(23,24)13-6-7-14-15(10-13)26-9-8-25-14/h6-7,10,12,17,20H,8-9,11H2,1-5H3/t17-/m1/s1. The Kier molecular flexibility index (Phi) is 6.71. The van der Waals surface area contributed by atoms with Crippen LogP contribution >= 0.6 is 0 Å². The second kappa shape index (κ2) is 8.48. The van der Waals surface area contributed by atoms with Gasteiger partial charge >= 0.3 is 5.97 Å². The van der Waals surface area contributed by atoms with Crippen molar-refractivity contribution in [2.45, 2.75) is 45.6 Å². The Labute approximate surface area is 165 Å². The summed E-state index contributed by atoms with van der Waals surface area (Å²) in [7, 11) is -4.02. The molecule has 0 saturated carbocycles. The van der Waals surface area contributed by atoms with Gasteiger partial charge in [-0.2, -0.15) is 4.72 Å². The molecule has 0 radical (unpaired) electrons. The molecule has 9 heteroatoms. The van der Waals surface area contributed by atoms with Gasteiger partial charge in [-0.3, -0.25) is 9.59 Å². The van der Waals surface area contributed by atoms with Gasteiger partial charge in [-0.15, -0.1) is 0 Å². The molecule has 1 aliphatic rings. The van der Waals surface area contributed by atoms with E-state index in [1.54, 1.807) is 34.6 Å². The van der Waals surface area contributed by atoms with Crippen LogP contribution < -0.4 is 14.2 Å². The number of benzene rings is 1. The van der Waals surface area contributed by atoms with Gasteiger partial charge in [0.1, 0.15) is 19.3 Å². The van der Waals surface area contributed by atoms with Crippen LogP contribution in [0.1, 0.15) is 34.6 Å². The first-order valence-electron chi connectivity index (χ1n) is 9.04. The molecule has 0 aromatic heterocycles. The highest BCUT2D eigenvalue weighted by atomic mass is 32.2. The van der Waals surface area contributed by atoms with Crippen molar-refractivity contribution < 1.29 is 32.2 Å². The van der Waals surface area contributed by atoms with Gasteiger partial charge in [0.2, 0.25) is 10.0 Å². The second-order valence-corrected chi connectivity index (χ2v) is 9.64. The molecule has 1 heterocycles. The van der Waals surface area contributed by atoms with Crippen molar-refractivity contribution in [3.8, 4) is 11.5 Å². The van der Waals surface area contributed by atoms with Crippen molar-refractivity contribution >= 4 is 21.8 Å². The summed E-state index contributed by atoms with van der Waals surface area (Å²) in [5.74, 6) is -0.643. The number of esters is 1. The highest BCUT2D eigenvalue weighted by Gasteiger charge is 2.32. The average molecular weight is 413 g/mol. The Morgan fingerprint density at radius 2 is 1.75 bits per heavy atom. The van der Waals surface area contributed by atoms with Gasteiger partial charge in [0, 0.05) is 11.5 Å². The third kappa shape index (κ3) is 5.45. The first-order valence-corrected chi connectivity index (χ1v) is 10.5. The number of carbonyl (C=O) groups is 2. The Bertz CT molecular complexity index is 840. The highest BCUT2D eigenvalue weighted by Crippen LogP contribution is 2.32. The summed E-state index contributed by atoms with van der Waals surface area (Å²) in [6.07, 6.45) is 0. The molecule has 0 fully saturated rings. The van der Waals surface area contributed by atoms with Crippen LogP contribution in [-0.2, 0) is 24.3 Å². The summed E-state index contributed by atoms with van der Waals surface area (Å²) < 4.78 is 43.7. The van der Waals surface area contributed by atoms with Gasteiger partial charge < -0.3 is 14.2 Å². The maximum absolute atomic E-state index is 12.8. The van der Waals surface area contributed by atoms with Crippen LogP contribution in [0.2, 0.25) is 0 Å². The van der Waals surface area contributed by atoms with Crippen LogP contribution in [0.5, 0.6) is 11.5 Å². The van der Waals surface area contributed by atoms with Gasteiger partial charge in [-0.1, -0.05) is 34.6 Å². The number of nitrogens with one attached hydrogen (secondary N) is 1. The van der Waals surface area contributed by atoms with E-state index < -0.39 is 34.1 Å². The lowest BCUT2D eigenvalue weighted by Gasteiger charge is -2.23. The van der Waals surface area contributed by atoms with E-state index in [4.69, 9.17) is 14.2 Å². The minimum Gasteiger partial charge on any atom is -0.486 e. The van der Waals surface area contributed by atoms with E-state index in [2.05, 4.69) is 4.72 Å². The van der Waals surface area contributed by atoms with Gasteiger partial charge in [0.05, 0.1) is 4.90 Å². The Hall–Kier alpha value is -2.13. The number of ketones is 1. The predicted molar refractivity (Wildman–Crippen MR) is 102 cm³/mol. The van der Waals surface area contributed by atoms with E-state index in [0.717, 1.165) is 0 Å². The van der Waals surface area contributed by atoms with Gasteiger partial charge in [-0.25, -0.2) is 8.42 Å². The maximum atomic E-state index is 12.8. The highest BCUT2D eigenvalue weighted by molar-refractivity contribution is 7.89. The van der Waals surface area contributed by atoms with Crippen LogP contribution in [0.3, 0.4) is 0 Å². The Morgan fingerprint density at radius 1 is 1.14 bits per heavy atom. The molecule has 28 heavy (non-hydrogen) atoms. The summed E-state index contributed by atoms with van der Waals surface area (Å²) in [6, 6.07) is 3.10. The molecule has 0 unspecified atom stereocenters. The molecular weight excluding hydrogens is 386 g/mol. The SMILES string of the molecule is CC(C)[C@@H](NS(=O)(=O)c1ccc2c(c1)OCCO2)C(=O)OCC(=O)C(C)(C)C. The number of carbonyl (C=O) groups excluding carboxylic acids is 2. The van der Waals surface area contributed by atoms with Crippen molar-refractivity contribution in [3.05, 3.63) is 18.2 Å². The number of hydrogen-bond donors (Lipinski definition) is 1. The molecule has 1 aromatic carbocycles. The minimum absolute atomic E-state index is 0.0547. The third-order valence-corrected chi connectivity index (χ3v) is 5.65. The average Bonchev–Trinajstić information content (AvgIpc) is 2.62. The summed E-state index contributed by atoms with van der Waals surface area (Å²) in [5, 5.41) is 0. The van der Waals surface area contributed by atoms with Crippen LogP contribution in [0.4, 0.5) is 0 Å². The molecule has 0 spiro atoms. The third-order valence-electron chi connectivity index (χ3n) is 4.21. The van der Waals surface area contributed by atoms with E-state index in [-0.39, 0.29) is 16.6 Å². The number of rotatable bonds is 7. The van der Waals surface area contributed by atoms with E-state index in [1.165, 1.54) is 18.2 Å². The summed E-state index contributed by atoms with van der Waals surface area (Å²) in [6.45, 7) is 8.83. The smallest absolute Gasteiger partial charge is 0.324 e. The van der Waals surface area contributed by atoms with E-state index >= 15 is 0 Å². The molecule has 1 aliphatic heterocycles. The number of sulfonamides is 1. The number of Topliss-reactive ketones (excluding diaryl/α,β-unsaturated/α-hetero) is 1. The van der Waals surface area contributed by atoms with Crippen LogP contribution in [0.15, 0.2) is 23.1 Å². The zero-order valence-corrected chi connectivity index (χ0v) is 17.6. The van der Waals surface area contributed by atoms with Crippen molar-refractivity contribution in [1.29, 1.82) is 0 Å². The molecule has 1 aromatic rings. The Balaban J connectivity index is 2.14. The van der Waals surface area contributed by atoms with Crippen molar-refractivity contribution in [3.63, 3.8) is 0 Å². The van der Waals surface area contributed by atoms with E-state index in [0.29, 0.717) is 24.7 Å². The van der Waals surface area contributed by atoms with Crippen molar-refractivity contribution in [2.75, 3.05) is 19.8 Å². The molecule has 156 valence electrons. The lowest BCUT2D eigenvalue weighted by atomic mass is 9.91. The molecule has 0 amide bonds. The lowest BCUT2D eigenvalue weighted by molar-refractivity contribution is -0.152. The van der Waals surface area contributed by atoms with Crippen molar-refractivity contribution in [2.24, 2.45) is 11.3 Å². The molecule has 8 nitrogen and oxygen atoms in total. The first kappa shape index (κ1) is 22.2. The molecule has 0 aliphatic carbocycles. The number of fused-ring (bicyclic) bond motifs is 1. The monoisotopic (exact) mass is 413 g/mol. The summed E-state index contributed by atoms with van der Waals surface area (Å²) in [5.41, 5.74) is -0.654. The lowest BCUT2D eigenvalue weighted by Crippen LogP contribution is -2.46. The number of hydrogen-bond acceptors (Lipinski definition) is 7. The summed E-state index contributed by atoms with van der Waals surface area (Å²) >= 11 is 0. The fourth-order valence-corrected chi connectivity index (χ4v) is 3.67. The first-order chi connectivity index (χ1) is 12.9. The molecule has 0 bridgehead atoms. The maximum Gasteiger partial charge on any atom is 0.324 e. The van der Waals surface area contributed by atoms with Gasteiger partial charge in [0.15, 0.2) is 23.9 Å². The fraction of sp³-hybridized carbons (Fsp3) is 0.579. The van der Waals surface area contributed by atoms with Gasteiger partial charge in [0.25, 0.3) is 0 Å². The minimum atomic E-state index is -4.02. The largest absolute Gasteiger partial charge is 0.486 e. The molecule has 1 N–H and O–H groups in total. The normalized spacial score (nSPS) is 15.2. The van der Waals surface area contributed by atoms with Crippen LogP contribution in [0, 0.1) is 11.3 Å². The van der Waals surface area contributed by atoms with Crippen LogP contribution in [-0.4, -0.2) is 46.0 Å². The van der Waals surface area contributed by atoms with E-state index in [9.17, 15) is 18.0 Å². The molecule has 1 atom stereocenters. The number of ether oxygens (including phenoxy) is 3. The fourth-order valence-electron chi connectivity index (χ4n) is 2.33. The topological polar surface area (TPSA) is 108 Å².